The third-order valence-electron chi connectivity index (χ3n) is 2.89. The first-order valence-corrected chi connectivity index (χ1v) is 6.75. The highest BCUT2D eigenvalue weighted by Crippen LogP contribution is 2.22. The molecule has 0 aliphatic rings. The van der Waals surface area contributed by atoms with E-state index in [0.29, 0.717) is 15.6 Å². The lowest BCUT2D eigenvalue weighted by Crippen LogP contribution is -2.27. The lowest BCUT2D eigenvalue weighted by atomic mass is 10.1. The minimum atomic E-state index is -0.473. The summed E-state index contributed by atoms with van der Waals surface area (Å²) in [4.78, 5) is 12.1. The van der Waals surface area contributed by atoms with Gasteiger partial charge in [-0.2, -0.15) is 0 Å². The average molecular weight is 312 g/mol. The Bertz CT molecular complexity index is 646. The number of halogens is 3. The molecule has 0 saturated carbocycles. The monoisotopic (exact) mass is 311 g/mol. The molecule has 1 amide bonds. The zero-order valence-corrected chi connectivity index (χ0v) is 12.2. The van der Waals surface area contributed by atoms with Crippen LogP contribution in [0.15, 0.2) is 42.5 Å². The van der Waals surface area contributed by atoms with Gasteiger partial charge in [0.25, 0.3) is 5.91 Å². The van der Waals surface area contributed by atoms with Crippen LogP contribution in [0, 0.1) is 5.82 Å². The van der Waals surface area contributed by atoms with Crippen molar-refractivity contribution < 1.29 is 9.18 Å². The van der Waals surface area contributed by atoms with Crippen molar-refractivity contribution in [2.45, 2.75) is 13.0 Å². The molecule has 1 atom stereocenters. The largest absolute Gasteiger partial charge is 0.345 e. The summed E-state index contributed by atoms with van der Waals surface area (Å²) in [6, 6.07) is 10.4. The van der Waals surface area contributed by atoms with Crippen LogP contribution in [0.2, 0.25) is 10.0 Å². The van der Waals surface area contributed by atoms with Crippen molar-refractivity contribution >= 4 is 29.1 Å². The molecule has 0 bridgehead atoms. The molecule has 0 aromatic heterocycles. The molecule has 104 valence electrons. The van der Waals surface area contributed by atoms with E-state index in [1.165, 1.54) is 12.1 Å². The average Bonchev–Trinajstić information content (AvgIpc) is 2.41. The predicted octanol–water partition coefficient (Wildman–Crippen LogP) is 4.62. The number of amides is 1. The summed E-state index contributed by atoms with van der Waals surface area (Å²) in [5.41, 5.74) is 0.682. The second kappa shape index (κ2) is 6.25. The van der Waals surface area contributed by atoms with Crippen LogP contribution in [0.3, 0.4) is 0 Å². The van der Waals surface area contributed by atoms with Crippen LogP contribution < -0.4 is 5.32 Å². The van der Waals surface area contributed by atoms with Gasteiger partial charge in [0.1, 0.15) is 5.82 Å². The minimum Gasteiger partial charge on any atom is -0.345 e. The predicted molar refractivity (Wildman–Crippen MR) is 78.7 cm³/mol. The van der Waals surface area contributed by atoms with Crippen molar-refractivity contribution in [3.8, 4) is 0 Å². The van der Waals surface area contributed by atoms with Crippen LogP contribution in [0.1, 0.15) is 28.9 Å². The Morgan fingerprint density at radius 3 is 2.60 bits per heavy atom. The summed E-state index contributed by atoms with van der Waals surface area (Å²) in [5, 5.41) is 3.41. The second-order valence-corrected chi connectivity index (χ2v) is 5.18. The van der Waals surface area contributed by atoms with Crippen LogP contribution in [0.5, 0.6) is 0 Å². The molecule has 0 heterocycles. The Balaban J connectivity index is 2.20. The molecule has 5 heteroatoms. The molecule has 0 saturated heterocycles. The number of hydrogen-bond donors (Lipinski definition) is 1. The van der Waals surface area contributed by atoms with Gasteiger partial charge in [0.2, 0.25) is 0 Å². The Labute approximate surface area is 126 Å². The first kappa shape index (κ1) is 14.8. The van der Waals surface area contributed by atoms with Gasteiger partial charge >= 0.3 is 0 Å². The van der Waals surface area contributed by atoms with Crippen LogP contribution in [0.25, 0.3) is 0 Å². The van der Waals surface area contributed by atoms with Crippen LogP contribution in [-0.2, 0) is 0 Å². The number of hydrogen-bond acceptors (Lipinski definition) is 1. The third kappa shape index (κ3) is 3.30. The van der Waals surface area contributed by atoms with Crippen molar-refractivity contribution in [3.05, 3.63) is 69.5 Å². The summed E-state index contributed by atoms with van der Waals surface area (Å²) >= 11 is 11.8. The minimum absolute atomic E-state index is 0.266. The zero-order valence-electron chi connectivity index (χ0n) is 10.7. The van der Waals surface area contributed by atoms with Crippen LogP contribution >= 0.6 is 23.2 Å². The number of benzene rings is 2. The van der Waals surface area contributed by atoms with E-state index in [-0.39, 0.29) is 11.4 Å². The van der Waals surface area contributed by atoms with Gasteiger partial charge in [-0.05, 0) is 31.2 Å². The van der Waals surface area contributed by atoms with Gasteiger partial charge in [0, 0.05) is 10.6 Å². The zero-order chi connectivity index (χ0) is 14.7. The van der Waals surface area contributed by atoms with Crippen molar-refractivity contribution in [2.75, 3.05) is 0 Å². The smallest absolute Gasteiger partial charge is 0.253 e. The van der Waals surface area contributed by atoms with E-state index < -0.39 is 11.9 Å². The Morgan fingerprint density at radius 1 is 1.20 bits per heavy atom. The molecular formula is C15H12Cl2FNO. The highest BCUT2D eigenvalue weighted by molar-refractivity contribution is 6.35. The molecule has 2 aromatic rings. The molecule has 2 aromatic carbocycles. The highest BCUT2D eigenvalue weighted by atomic mass is 35.5. The number of carbonyl (C=O) groups excluding carboxylic acids is 1. The summed E-state index contributed by atoms with van der Waals surface area (Å²) in [5.74, 6) is -0.759. The Morgan fingerprint density at radius 2 is 1.90 bits per heavy atom. The maximum absolute atomic E-state index is 13.6. The quantitative estimate of drug-likeness (QED) is 0.880. The molecule has 1 N–H and O–H groups in total. The molecule has 0 spiro atoms. The van der Waals surface area contributed by atoms with Crippen molar-refractivity contribution in [1.29, 1.82) is 0 Å². The summed E-state index contributed by atoms with van der Waals surface area (Å²) < 4.78 is 13.6. The summed E-state index contributed by atoms with van der Waals surface area (Å²) in [7, 11) is 0. The van der Waals surface area contributed by atoms with E-state index in [1.807, 2.05) is 0 Å². The van der Waals surface area contributed by atoms with Gasteiger partial charge in [-0.3, -0.25) is 4.79 Å². The summed E-state index contributed by atoms with van der Waals surface area (Å²) in [6.07, 6.45) is 0. The van der Waals surface area contributed by atoms with Crippen molar-refractivity contribution in [1.82, 2.24) is 5.32 Å². The molecule has 0 aliphatic heterocycles. The topological polar surface area (TPSA) is 29.1 Å². The van der Waals surface area contributed by atoms with Crippen LogP contribution in [-0.4, -0.2) is 5.91 Å². The molecule has 0 unspecified atom stereocenters. The second-order valence-electron chi connectivity index (χ2n) is 4.34. The van der Waals surface area contributed by atoms with E-state index >= 15 is 0 Å². The molecular weight excluding hydrogens is 300 g/mol. The molecule has 2 rings (SSSR count). The fourth-order valence-electron chi connectivity index (χ4n) is 1.85. The van der Waals surface area contributed by atoms with E-state index in [0.717, 1.165) is 0 Å². The Hall–Kier alpha value is -1.58. The van der Waals surface area contributed by atoms with Crippen molar-refractivity contribution in [2.24, 2.45) is 0 Å². The normalized spacial score (nSPS) is 12.0. The highest BCUT2D eigenvalue weighted by Gasteiger charge is 2.16. The lowest BCUT2D eigenvalue weighted by molar-refractivity contribution is 0.0939. The lowest BCUT2D eigenvalue weighted by Gasteiger charge is -2.15. The number of carbonyl (C=O) groups is 1. The first-order chi connectivity index (χ1) is 9.49. The Kier molecular flexibility index (Phi) is 4.63. The van der Waals surface area contributed by atoms with E-state index in [1.54, 1.807) is 37.3 Å². The van der Waals surface area contributed by atoms with Gasteiger partial charge in [-0.25, -0.2) is 4.39 Å². The molecule has 2 nitrogen and oxygen atoms in total. The maximum atomic E-state index is 13.6. The van der Waals surface area contributed by atoms with E-state index in [2.05, 4.69) is 5.32 Å². The van der Waals surface area contributed by atoms with Gasteiger partial charge < -0.3 is 5.32 Å². The van der Waals surface area contributed by atoms with Gasteiger partial charge in [0.05, 0.1) is 16.6 Å². The van der Waals surface area contributed by atoms with Crippen molar-refractivity contribution in [3.63, 3.8) is 0 Å². The standard InChI is InChI=1S/C15H12Cl2FNO/c1-9(11-4-2-3-5-14(11)18)19-15(20)12-8-10(16)6-7-13(12)17/h2-9H,1H3,(H,19,20)/t9-/m1/s1. The van der Waals surface area contributed by atoms with Crippen LogP contribution in [0.4, 0.5) is 4.39 Å². The molecule has 20 heavy (non-hydrogen) atoms. The van der Waals surface area contributed by atoms with E-state index in [4.69, 9.17) is 23.2 Å². The first-order valence-electron chi connectivity index (χ1n) is 5.99. The molecule has 0 fully saturated rings. The molecule has 0 radical (unpaired) electrons. The number of rotatable bonds is 3. The fourth-order valence-corrected chi connectivity index (χ4v) is 2.23. The van der Waals surface area contributed by atoms with Gasteiger partial charge in [0.15, 0.2) is 0 Å². The number of nitrogens with one attached hydrogen (secondary N) is 1. The maximum Gasteiger partial charge on any atom is 0.253 e. The fraction of sp³-hybridized carbons (Fsp3) is 0.133. The van der Waals surface area contributed by atoms with E-state index in [9.17, 15) is 9.18 Å². The molecule has 0 aliphatic carbocycles. The SMILES string of the molecule is C[C@@H](NC(=O)c1cc(Cl)ccc1Cl)c1ccccc1F. The van der Waals surface area contributed by atoms with Gasteiger partial charge in [-0.15, -0.1) is 0 Å². The van der Waals surface area contributed by atoms with Gasteiger partial charge in [-0.1, -0.05) is 41.4 Å². The third-order valence-corrected chi connectivity index (χ3v) is 3.46. The summed E-state index contributed by atoms with van der Waals surface area (Å²) in [6.45, 7) is 1.70.